The summed E-state index contributed by atoms with van der Waals surface area (Å²) < 4.78 is 81.8. The maximum Gasteiger partial charge on any atom is 0.421 e. The molecule has 4 aromatic rings. The Morgan fingerprint density at radius 1 is 0.915 bits per heavy atom. The van der Waals surface area contributed by atoms with Crippen molar-refractivity contribution in [2.45, 2.75) is 44.6 Å². The molecule has 1 aromatic heterocycles. The maximum absolute atomic E-state index is 15.1. The summed E-state index contributed by atoms with van der Waals surface area (Å²) in [6, 6.07) is 18.7. The van der Waals surface area contributed by atoms with E-state index in [4.69, 9.17) is 0 Å². The van der Waals surface area contributed by atoms with E-state index < -0.39 is 33.6 Å². The molecule has 3 saturated heterocycles. The first-order valence-corrected chi connectivity index (χ1v) is 21.1. The predicted molar refractivity (Wildman–Crippen MR) is 218 cm³/mol. The standard InChI is InChI=1S/C40H46F4N10O4S/c1-50(59(2,57)58)32-5-3-4-27(22-32)24-45-37-34(40(42,43)44)25-46-38(49-37)47-29-7-10-30(11-8-29)52-15-12-31(13-16-52)53-20-18-51(19-21-53)26-28-6-9-33(23-35(28)41)54-17-14-36(55)48-39(54)56/h3-11,22-23,25,31H,12-21,24,26H2,1-2H3,(H,48,55,56)(H2,45,46,47,49). The zero-order valence-electron chi connectivity index (χ0n) is 32.7. The molecule has 3 amide bonds. The van der Waals surface area contributed by atoms with Crippen molar-refractivity contribution < 1.29 is 35.6 Å². The average molecular weight is 839 g/mol. The van der Waals surface area contributed by atoms with Crippen LogP contribution in [-0.4, -0.2) is 105 Å². The smallest absolute Gasteiger partial charge is 0.371 e. The zero-order chi connectivity index (χ0) is 41.9. The Balaban J connectivity index is 0.889. The lowest BCUT2D eigenvalue weighted by molar-refractivity contribution is -0.137. The molecule has 0 atom stereocenters. The molecule has 7 rings (SSSR count). The fraction of sp³-hybridized carbons (Fsp3) is 0.400. The van der Waals surface area contributed by atoms with Gasteiger partial charge in [0.1, 0.15) is 17.2 Å². The highest BCUT2D eigenvalue weighted by Gasteiger charge is 2.35. The lowest BCUT2D eigenvalue weighted by Crippen LogP contribution is -2.53. The number of halogens is 4. The van der Waals surface area contributed by atoms with Crippen molar-refractivity contribution in [3.05, 3.63) is 95.4 Å². The number of anilines is 6. The zero-order valence-corrected chi connectivity index (χ0v) is 33.5. The first kappa shape index (κ1) is 41.6. The molecule has 0 aliphatic carbocycles. The van der Waals surface area contributed by atoms with E-state index in [0.717, 1.165) is 74.6 Å². The van der Waals surface area contributed by atoms with Gasteiger partial charge in [0.2, 0.25) is 21.9 Å². The number of nitrogens with zero attached hydrogens (tertiary/aromatic N) is 7. The van der Waals surface area contributed by atoms with Gasteiger partial charge in [0.05, 0.1) is 11.9 Å². The van der Waals surface area contributed by atoms with Crippen molar-refractivity contribution in [2.75, 3.05) is 83.9 Å². The molecule has 3 fully saturated rings. The van der Waals surface area contributed by atoms with Crippen molar-refractivity contribution in [1.29, 1.82) is 0 Å². The van der Waals surface area contributed by atoms with Crippen LogP contribution in [0.3, 0.4) is 0 Å². The van der Waals surface area contributed by atoms with Crippen molar-refractivity contribution in [2.24, 2.45) is 0 Å². The Hall–Kier alpha value is -5.53. The van der Waals surface area contributed by atoms with E-state index in [1.54, 1.807) is 36.4 Å². The predicted octanol–water partition coefficient (Wildman–Crippen LogP) is 5.62. The molecule has 3 N–H and O–H groups in total. The number of carbonyl (C=O) groups excluding carboxylic acids is 2. The molecule has 0 saturated carbocycles. The second kappa shape index (κ2) is 17.4. The summed E-state index contributed by atoms with van der Waals surface area (Å²) >= 11 is 0. The Morgan fingerprint density at radius 3 is 2.29 bits per heavy atom. The fourth-order valence-corrected chi connectivity index (χ4v) is 8.06. The number of nitrogens with one attached hydrogen (secondary N) is 3. The third-order valence-corrected chi connectivity index (χ3v) is 12.2. The minimum Gasteiger partial charge on any atom is -0.371 e. The van der Waals surface area contributed by atoms with Gasteiger partial charge in [-0.3, -0.25) is 29.1 Å². The molecule has 0 bridgehead atoms. The summed E-state index contributed by atoms with van der Waals surface area (Å²) in [5.41, 5.74) is 2.53. The number of amides is 3. The number of urea groups is 1. The minimum absolute atomic E-state index is 0.0225. The van der Waals surface area contributed by atoms with Gasteiger partial charge >= 0.3 is 12.2 Å². The van der Waals surface area contributed by atoms with Crippen molar-refractivity contribution in [1.82, 2.24) is 25.1 Å². The van der Waals surface area contributed by atoms with Crippen LogP contribution in [0.5, 0.6) is 0 Å². The summed E-state index contributed by atoms with van der Waals surface area (Å²) in [5, 5.41) is 8.02. The number of aromatic nitrogens is 2. The second-order valence-electron chi connectivity index (χ2n) is 14.9. The number of imide groups is 1. The van der Waals surface area contributed by atoms with Crippen LogP contribution in [0.1, 0.15) is 36.0 Å². The molecule has 3 aliphatic rings. The maximum atomic E-state index is 15.1. The molecule has 59 heavy (non-hydrogen) atoms. The topological polar surface area (TPSA) is 146 Å². The number of carbonyl (C=O) groups is 2. The highest BCUT2D eigenvalue weighted by atomic mass is 32.2. The highest BCUT2D eigenvalue weighted by molar-refractivity contribution is 7.92. The Bertz CT molecular complexity index is 2270. The summed E-state index contributed by atoms with van der Waals surface area (Å²) in [6.07, 6.45) is -0.768. The van der Waals surface area contributed by atoms with Crippen molar-refractivity contribution in [3.8, 4) is 0 Å². The average Bonchev–Trinajstić information content (AvgIpc) is 3.21. The lowest BCUT2D eigenvalue weighted by Gasteiger charge is -2.43. The first-order valence-electron chi connectivity index (χ1n) is 19.3. The molecule has 4 heterocycles. The largest absolute Gasteiger partial charge is 0.421 e. The van der Waals surface area contributed by atoms with Crippen LogP contribution in [-0.2, 0) is 34.1 Å². The molecule has 14 nitrogen and oxygen atoms in total. The van der Waals surface area contributed by atoms with E-state index in [2.05, 4.69) is 40.6 Å². The lowest BCUT2D eigenvalue weighted by atomic mass is 10.0. The van der Waals surface area contributed by atoms with E-state index in [1.807, 2.05) is 24.3 Å². The van der Waals surface area contributed by atoms with E-state index in [-0.39, 0.29) is 37.2 Å². The molecular weight excluding hydrogens is 793 g/mol. The van der Waals surface area contributed by atoms with E-state index in [1.165, 1.54) is 18.0 Å². The van der Waals surface area contributed by atoms with Crippen LogP contribution in [0, 0.1) is 5.82 Å². The molecule has 19 heteroatoms. The number of piperidine rings is 1. The molecule has 0 unspecified atom stereocenters. The normalized spacial score (nSPS) is 17.5. The van der Waals surface area contributed by atoms with Crippen LogP contribution in [0.15, 0.2) is 72.9 Å². The van der Waals surface area contributed by atoms with Crippen LogP contribution in [0.2, 0.25) is 0 Å². The van der Waals surface area contributed by atoms with Crippen LogP contribution in [0.4, 0.5) is 56.9 Å². The van der Waals surface area contributed by atoms with E-state index in [0.29, 0.717) is 40.8 Å². The number of hydrogen-bond acceptors (Lipinski definition) is 11. The summed E-state index contributed by atoms with van der Waals surface area (Å²) in [7, 11) is -2.13. The van der Waals surface area contributed by atoms with Crippen LogP contribution in [0.25, 0.3) is 0 Å². The number of rotatable bonds is 12. The van der Waals surface area contributed by atoms with Gasteiger partial charge in [-0.1, -0.05) is 18.2 Å². The Kier molecular flexibility index (Phi) is 12.3. The summed E-state index contributed by atoms with van der Waals surface area (Å²) in [6.45, 7) is 5.76. The van der Waals surface area contributed by atoms with Crippen LogP contribution >= 0.6 is 0 Å². The molecule has 314 valence electrons. The van der Waals surface area contributed by atoms with Gasteiger partial charge < -0.3 is 15.5 Å². The van der Waals surface area contributed by atoms with E-state index >= 15 is 4.39 Å². The number of alkyl halides is 3. The third kappa shape index (κ3) is 10.2. The minimum atomic E-state index is -4.71. The number of piperazine rings is 1. The van der Waals surface area contributed by atoms with E-state index in [9.17, 15) is 31.2 Å². The molecule has 0 radical (unpaired) electrons. The number of hydrogen-bond donors (Lipinski definition) is 3. The molecular formula is C40H46F4N10O4S. The van der Waals surface area contributed by atoms with Crippen molar-refractivity contribution in [3.63, 3.8) is 0 Å². The SMILES string of the molecule is CN(c1cccc(CNc2nc(Nc3ccc(N4CCC(N5CCN(Cc6ccc(N7CCC(=O)NC7=O)cc6F)CC5)CC4)cc3)ncc2C(F)(F)F)c1)S(C)(=O)=O. The third-order valence-electron chi connectivity index (χ3n) is 11.0. The van der Waals surface area contributed by atoms with Gasteiger partial charge in [0, 0.05) is 107 Å². The Morgan fingerprint density at radius 2 is 1.63 bits per heavy atom. The molecule has 3 aliphatic heterocycles. The van der Waals surface area contributed by atoms with Gasteiger partial charge in [-0.05, 0) is 66.9 Å². The van der Waals surface area contributed by atoms with Crippen molar-refractivity contribution >= 4 is 56.5 Å². The molecule has 0 spiro atoms. The van der Waals surface area contributed by atoms with Crippen LogP contribution < -0.4 is 30.1 Å². The highest BCUT2D eigenvalue weighted by Crippen LogP contribution is 2.35. The number of sulfonamides is 1. The monoisotopic (exact) mass is 838 g/mol. The molecule has 3 aromatic carbocycles. The summed E-state index contributed by atoms with van der Waals surface area (Å²) in [4.78, 5) is 40.1. The van der Waals surface area contributed by atoms with Gasteiger partial charge in [0.25, 0.3) is 0 Å². The van der Waals surface area contributed by atoms with Gasteiger partial charge in [-0.25, -0.2) is 22.6 Å². The summed E-state index contributed by atoms with van der Waals surface area (Å²) in [5.74, 6) is -1.15. The van der Waals surface area contributed by atoms with Gasteiger partial charge in [0.15, 0.2) is 0 Å². The fourth-order valence-electron chi connectivity index (χ4n) is 7.57. The number of benzene rings is 3. The van der Waals surface area contributed by atoms with Gasteiger partial charge in [-0.15, -0.1) is 0 Å². The Labute approximate surface area is 340 Å². The van der Waals surface area contributed by atoms with Gasteiger partial charge in [-0.2, -0.15) is 18.2 Å². The first-order chi connectivity index (χ1) is 28.1. The second-order valence-corrected chi connectivity index (χ2v) is 17.0. The quantitative estimate of drug-likeness (QED) is 0.153.